The van der Waals surface area contributed by atoms with E-state index in [4.69, 9.17) is 5.73 Å². The zero-order valence-electron chi connectivity index (χ0n) is 12.0. The fourth-order valence-corrected chi connectivity index (χ4v) is 3.50. The molecule has 2 heterocycles. The molecule has 2 aliphatic heterocycles. The van der Waals surface area contributed by atoms with E-state index in [-0.39, 0.29) is 11.9 Å². The number of hydrogen-bond donors (Lipinski definition) is 1. The summed E-state index contributed by atoms with van der Waals surface area (Å²) in [4.78, 5) is 16.1. The number of rotatable bonds is 3. The number of nitrogens with zero attached hydrogens (tertiary/aromatic N) is 3. The maximum absolute atomic E-state index is 12.2. The molecular formula is C12H24N4O3S. The first kappa shape index (κ1) is 15.7. The predicted octanol–water partition coefficient (Wildman–Crippen LogP) is -1.49. The highest BCUT2D eigenvalue weighted by molar-refractivity contribution is 7.88. The minimum atomic E-state index is -3.14. The molecule has 2 fully saturated rings. The molecule has 0 aliphatic carbocycles. The second-order valence-corrected chi connectivity index (χ2v) is 7.64. The van der Waals surface area contributed by atoms with Gasteiger partial charge in [-0.3, -0.25) is 9.69 Å². The van der Waals surface area contributed by atoms with E-state index in [0.29, 0.717) is 32.7 Å². The SMILES string of the molecule is CS(=O)(=O)N1CCN(C(=O)CN2CCC(N)CC2)CC1. The van der Waals surface area contributed by atoms with Crippen LogP contribution in [0.3, 0.4) is 0 Å². The Morgan fingerprint density at radius 1 is 1.10 bits per heavy atom. The number of sulfonamides is 1. The largest absolute Gasteiger partial charge is 0.339 e. The van der Waals surface area contributed by atoms with Crippen molar-refractivity contribution < 1.29 is 13.2 Å². The summed E-state index contributed by atoms with van der Waals surface area (Å²) in [5, 5.41) is 0. The topological polar surface area (TPSA) is 87.0 Å². The second kappa shape index (κ2) is 6.38. The van der Waals surface area contributed by atoms with E-state index >= 15 is 0 Å². The summed E-state index contributed by atoms with van der Waals surface area (Å²) in [6.45, 7) is 3.93. The maximum atomic E-state index is 12.2. The Labute approximate surface area is 120 Å². The van der Waals surface area contributed by atoms with E-state index in [0.717, 1.165) is 25.9 Å². The Bertz CT molecular complexity index is 438. The zero-order chi connectivity index (χ0) is 14.8. The Hall–Kier alpha value is -0.700. The van der Waals surface area contributed by atoms with Crippen LogP contribution in [0.4, 0.5) is 0 Å². The Morgan fingerprint density at radius 3 is 2.15 bits per heavy atom. The van der Waals surface area contributed by atoms with Crippen LogP contribution in [0, 0.1) is 0 Å². The van der Waals surface area contributed by atoms with Crippen LogP contribution < -0.4 is 5.73 Å². The summed E-state index contributed by atoms with van der Waals surface area (Å²) in [7, 11) is -3.14. The van der Waals surface area contributed by atoms with Crippen LogP contribution in [0.2, 0.25) is 0 Å². The third-order valence-corrected chi connectivity index (χ3v) is 5.35. The molecule has 2 N–H and O–H groups in total. The summed E-state index contributed by atoms with van der Waals surface area (Å²) >= 11 is 0. The summed E-state index contributed by atoms with van der Waals surface area (Å²) < 4.78 is 24.3. The first-order chi connectivity index (χ1) is 9.36. The molecule has 0 aromatic carbocycles. The standard InChI is InChI=1S/C12H24N4O3S/c1-20(18,19)16-8-6-15(7-9-16)12(17)10-14-4-2-11(13)3-5-14/h11H,2-10,13H2,1H3. The molecule has 0 bridgehead atoms. The van der Waals surface area contributed by atoms with Gasteiger partial charge in [-0.1, -0.05) is 0 Å². The molecule has 0 aromatic rings. The van der Waals surface area contributed by atoms with Crippen molar-refractivity contribution in [2.75, 3.05) is 52.1 Å². The van der Waals surface area contributed by atoms with Gasteiger partial charge in [-0.2, -0.15) is 4.31 Å². The average Bonchev–Trinajstić information content (AvgIpc) is 2.40. The summed E-state index contributed by atoms with van der Waals surface area (Å²) in [5.41, 5.74) is 5.84. The van der Waals surface area contributed by atoms with Gasteiger partial charge in [0.1, 0.15) is 0 Å². The highest BCUT2D eigenvalue weighted by atomic mass is 32.2. The highest BCUT2D eigenvalue weighted by Crippen LogP contribution is 2.10. The Morgan fingerprint density at radius 2 is 1.65 bits per heavy atom. The molecule has 2 saturated heterocycles. The first-order valence-corrected chi connectivity index (χ1v) is 8.92. The number of nitrogens with two attached hydrogens (primary N) is 1. The van der Waals surface area contributed by atoms with Crippen LogP contribution in [-0.2, 0) is 14.8 Å². The minimum Gasteiger partial charge on any atom is -0.339 e. The number of amides is 1. The molecular weight excluding hydrogens is 280 g/mol. The molecule has 8 heteroatoms. The first-order valence-electron chi connectivity index (χ1n) is 7.07. The molecule has 0 spiro atoms. The molecule has 2 rings (SSSR count). The van der Waals surface area contributed by atoms with Crippen molar-refractivity contribution in [3.05, 3.63) is 0 Å². The third-order valence-electron chi connectivity index (χ3n) is 4.05. The Kier molecular flexibility index (Phi) is 5.00. The monoisotopic (exact) mass is 304 g/mol. The molecule has 1 amide bonds. The summed E-state index contributed by atoms with van der Waals surface area (Å²) in [5.74, 6) is 0.0913. The van der Waals surface area contributed by atoms with Crippen molar-refractivity contribution in [1.29, 1.82) is 0 Å². The Balaban J connectivity index is 1.77. The summed E-state index contributed by atoms with van der Waals surface area (Å²) in [6, 6.07) is 0.264. The lowest BCUT2D eigenvalue weighted by molar-refractivity contribution is -0.133. The smallest absolute Gasteiger partial charge is 0.236 e. The lowest BCUT2D eigenvalue weighted by Gasteiger charge is -2.35. The van der Waals surface area contributed by atoms with Crippen molar-refractivity contribution in [3.8, 4) is 0 Å². The van der Waals surface area contributed by atoms with Gasteiger partial charge in [0.05, 0.1) is 12.8 Å². The summed E-state index contributed by atoms with van der Waals surface area (Å²) in [6.07, 6.45) is 3.09. The quantitative estimate of drug-likeness (QED) is 0.687. The highest BCUT2D eigenvalue weighted by Gasteiger charge is 2.27. The van der Waals surface area contributed by atoms with Gasteiger partial charge in [-0.05, 0) is 12.8 Å². The van der Waals surface area contributed by atoms with E-state index < -0.39 is 10.0 Å². The number of hydrogen-bond acceptors (Lipinski definition) is 5. The van der Waals surface area contributed by atoms with Gasteiger partial charge in [0, 0.05) is 45.3 Å². The van der Waals surface area contributed by atoms with Crippen LogP contribution >= 0.6 is 0 Å². The lowest BCUT2D eigenvalue weighted by atomic mass is 10.1. The van der Waals surface area contributed by atoms with Gasteiger partial charge < -0.3 is 10.6 Å². The molecule has 0 atom stereocenters. The number of carbonyl (C=O) groups excluding carboxylic acids is 1. The van der Waals surface area contributed by atoms with E-state index in [2.05, 4.69) is 4.90 Å². The van der Waals surface area contributed by atoms with Crippen LogP contribution in [-0.4, -0.2) is 86.5 Å². The normalized spacial score (nSPS) is 24.0. The minimum absolute atomic E-state index is 0.0913. The second-order valence-electron chi connectivity index (χ2n) is 5.66. The number of likely N-dealkylation sites (tertiary alicyclic amines) is 1. The zero-order valence-corrected chi connectivity index (χ0v) is 12.8. The molecule has 0 unspecified atom stereocenters. The van der Waals surface area contributed by atoms with Gasteiger partial charge in [-0.25, -0.2) is 8.42 Å². The van der Waals surface area contributed by atoms with Crippen molar-refractivity contribution in [2.24, 2.45) is 5.73 Å². The average molecular weight is 304 g/mol. The van der Waals surface area contributed by atoms with E-state index in [9.17, 15) is 13.2 Å². The molecule has 0 aromatic heterocycles. The number of piperidine rings is 1. The molecule has 20 heavy (non-hydrogen) atoms. The number of carbonyl (C=O) groups is 1. The molecule has 2 aliphatic rings. The van der Waals surface area contributed by atoms with Gasteiger partial charge in [0.15, 0.2) is 0 Å². The van der Waals surface area contributed by atoms with Crippen LogP contribution in [0.1, 0.15) is 12.8 Å². The maximum Gasteiger partial charge on any atom is 0.236 e. The van der Waals surface area contributed by atoms with Crippen molar-refractivity contribution in [2.45, 2.75) is 18.9 Å². The van der Waals surface area contributed by atoms with E-state index in [1.807, 2.05) is 0 Å². The van der Waals surface area contributed by atoms with Crippen LogP contribution in [0.5, 0.6) is 0 Å². The molecule has 0 radical (unpaired) electrons. The molecule has 116 valence electrons. The van der Waals surface area contributed by atoms with Gasteiger partial charge >= 0.3 is 0 Å². The molecule has 0 saturated carbocycles. The fourth-order valence-electron chi connectivity index (χ4n) is 2.67. The fraction of sp³-hybridized carbons (Fsp3) is 0.917. The predicted molar refractivity (Wildman–Crippen MR) is 76.6 cm³/mol. The van der Waals surface area contributed by atoms with Crippen molar-refractivity contribution >= 4 is 15.9 Å². The van der Waals surface area contributed by atoms with Crippen molar-refractivity contribution in [3.63, 3.8) is 0 Å². The number of piperazine rings is 1. The third kappa shape index (κ3) is 4.15. The van der Waals surface area contributed by atoms with E-state index in [1.165, 1.54) is 10.6 Å². The van der Waals surface area contributed by atoms with Gasteiger partial charge in [0.25, 0.3) is 0 Å². The van der Waals surface area contributed by atoms with Gasteiger partial charge in [0.2, 0.25) is 15.9 Å². The van der Waals surface area contributed by atoms with Crippen LogP contribution in [0.25, 0.3) is 0 Å². The van der Waals surface area contributed by atoms with E-state index in [1.54, 1.807) is 4.90 Å². The molecule has 7 nitrogen and oxygen atoms in total. The van der Waals surface area contributed by atoms with Crippen molar-refractivity contribution in [1.82, 2.24) is 14.1 Å². The van der Waals surface area contributed by atoms with Gasteiger partial charge in [-0.15, -0.1) is 0 Å². The lowest BCUT2D eigenvalue weighted by Crippen LogP contribution is -2.53. The van der Waals surface area contributed by atoms with Crippen LogP contribution in [0.15, 0.2) is 0 Å².